The van der Waals surface area contributed by atoms with Crippen molar-refractivity contribution in [3.63, 3.8) is 0 Å². The highest BCUT2D eigenvalue weighted by molar-refractivity contribution is 5.28. The predicted octanol–water partition coefficient (Wildman–Crippen LogP) is 2.48. The topological polar surface area (TPSA) is 25.2 Å². The van der Waals surface area contributed by atoms with Crippen molar-refractivity contribution < 1.29 is 5.11 Å². The normalized spacial score (nSPS) is 13.3. The third kappa shape index (κ3) is 1.94. The molecule has 1 unspecified atom stereocenters. The van der Waals surface area contributed by atoms with Gasteiger partial charge in [0.2, 0.25) is 0 Å². The molecule has 0 aliphatic carbocycles. The highest BCUT2D eigenvalue weighted by atomic mass is 16.3. The van der Waals surface area contributed by atoms with Crippen LogP contribution in [0.4, 0.5) is 0 Å². The van der Waals surface area contributed by atoms with Crippen molar-refractivity contribution in [3.05, 3.63) is 23.0 Å². The Kier molecular flexibility index (Phi) is 3.15. The van der Waals surface area contributed by atoms with E-state index in [0.717, 1.165) is 18.4 Å². The van der Waals surface area contributed by atoms with Gasteiger partial charge in [-0.05, 0) is 26.3 Å². The lowest BCUT2D eigenvalue weighted by atomic mass is 10.1. The minimum Gasteiger partial charge on any atom is -0.388 e. The minimum atomic E-state index is -0.287. The average Bonchev–Trinajstić information content (AvgIpc) is 2.33. The van der Waals surface area contributed by atoms with Gasteiger partial charge in [-0.15, -0.1) is 0 Å². The molecule has 0 saturated heterocycles. The Labute approximate surface area is 80.2 Å². The Balaban J connectivity index is 2.94. The highest BCUT2D eigenvalue weighted by Gasteiger charge is 2.13. The standard InChI is InChI=1S/C11H19NO/c1-5-6-11(13)10-7-8(2)12(4)9(10)3/h7,11,13H,5-6H2,1-4H3. The fraction of sp³-hybridized carbons (Fsp3) is 0.636. The van der Waals surface area contributed by atoms with E-state index < -0.39 is 0 Å². The molecular weight excluding hydrogens is 162 g/mol. The van der Waals surface area contributed by atoms with Crippen LogP contribution in [0, 0.1) is 13.8 Å². The van der Waals surface area contributed by atoms with E-state index in [0.29, 0.717) is 0 Å². The van der Waals surface area contributed by atoms with Gasteiger partial charge >= 0.3 is 0 Å². The first-order valence-corrected chi connectivity index (χ1v) is 4.88. The molecule has 0 amide bonds. The molecule has 1 heterocycles. The monoisotopic (exact) mass is 181 g/mol. The van der Waals surface area contributed by atoms with Crippen molar-refractivity contribution in [1.82, 2.24) is 4.57 Å². The smallest absolute Gasteiger partial charge is 0.0807 e. The molecule has 74 valence electrons. The van der Waals surface area contributed by atoms with Crippen LogP contribution in [0.15, 0.2) is 6.07 Å². The molecule has 0 fully saturated rings. The molecule has 2 heteroatoms. The predicted molar refractivity (Wildman–Crippen MR) is 54.8 cm³/mol. The summed E-state index contributed by atoms with van der Waals surface area (Å²) >= 11 is 0. The molecule has 1 aromatic heterocycles. The summed E-state index contributed by atoms with van der Waals surface area (Å²) in [5.41, 5.74) is 3.47. The Bertz CT molecular complexity index is 289. The van der Waals surface area contributed by atoms with Gasteiger partial charge < -0.3 is 9.67 Å². The molecule has 1 atom stereocenters. The fourth-order valence-corrected chi connectivity index (χ4v) is 1.65. The zero-order valence-electron chi connectivity index (χ0n) is 8.96. The summed E-state index contributed by atoms with van der Waals surface area (Å²) in [6.45, 7) is 6.21. The second-order valence-corrected chi connectivity index (χ2v) is 3.69. The van der Waals surface area contributed by atoms with Gasteiger partial charge in [-0.3, -0.25) is 0 Å². The van der Waals surface area contributed by atoms with E-state index in [9.17, 15) is 5.11 Å². The first kappa shape index (κ1) is 10.3. The van der Waals surface area contributed by atoms with Crippen LogP contribution in [0.25, 0.3) is 0 Å². The van der Waals surface area contributed by atoms with Gasteiger partial charge in [-0.1, -0.05) is 13.3 Å². The number of hydrogen-bond donors (Lipinski definition) is 1. The van der Waals surface area contributed by atoms with Gasteiger partial charge in [-0.25, -0.2) is 0 Å². The van der Waals surface area contributed by atoms with Crippen molar-refractivity contribution in [1.29, 1.82) is 0 Å². The Morgan fingerprint density at radius 1 is 1.46 bits per heavy atom. The lowest BCUT2D eigenvalue weighted by molar-refractivity contribution is 0.165. The van der Waals surface area contributed by atoms with Gasteiger partial charge in [0.05, 0.1) is 6.10 Å². The highest BCUT2D eigenvalue weighted by Crippen LogP contribution is 2.24. The van der Waals surface area contributed by atoms with E-state index >= 15 is 0 Å². The van der Waals surface area contributed by atoms with Gasteiger partial charge in [0, 0.05) is 24.0 Å². The zero-order valence-corrected chi connectivity index (χ0v) is 8.96. The minimum absolute atomic E-state index is 0.287. The molecule has 13 heavy (non-hydrogen) atoms. The molecule has 0 aliphatic heterocycles. The van der Waals surface area contributed by atoms with Crippen molar-refractivity contribution in [2.75, 3.05) is 0 Å². The van der Waals surface area contributed by atoms with Crippen LogP contribution in [0.2, 0.25) is 0 Å². The maximum atomic E-state index is 9.83. The Morgan fingerprint density at radius 2 is 2.08 bits per heavy atom. The van der Waals surface area contributed by atoms with Crippen LogP contribution >= 0.6 is 0 Å². The average molecular weight is 181 g/mol. The van der Waals surface area contributed by atoms with Crippen LogP contribution in [0.3, 0.4) is 0 Å². The molecule has 0 aliphatic rings. The van der Waals surface area contributed by atoms with Crippen molar-refractivity contribution in [2.45, 2.75) is 39.7 Å². The number of nitrogens with zero attached hydrogens (tertiary/aromatic N) is 1. The van der Waals surface area contributed by atoms with E-state index in [-0.39, 0.29) is 6.10 Å². The molecule has 0 spiro atoms. The number of rotatable bonds is 3. The lowest BCUT2D eigenvalue weighted by Gasteiger charge is -2.09. The van der Waals surface area contributed by atoms with Crippen LogP contribution in [0.1, 0.15) is 42.8 Å². The first-order valence-electron chi connectivity index (χ1n) is 4.88. The summed E-state index contributed by atoms with van der Waals surface area (Å²) in [6.07, 6.45) is 1.59. The first-order chi connectivity index (χ1) is 6.07. The summed E-state index contributed by atoms with van der Waals surface area (Å²) in [5.74, 6) is 0. The molecule has 0 aromatic carbocycles. The van der Waals surface area contributed by atoms with E-state index in [1.807, 2.05) is 7.05 Å². The Morgan fingerprint density at radius 3 is 2.46 bits per heavy atom. The zero-order chi connectivity index (χ0) is 10.0. The van der Waals surface area contributed by atoms with E-state index in [2.05, 4.69) is 31.4 Å². The summed E-state index contributed by atoms with van der Waals surface area (Å²) in [5, 5.41) is 9.83. The molecule has 2 nitrogen and oxygen atoms in total. The molecule has 0 bridgehead atoms. The second-order valence-electron chi connectivity index (χ2n) is 3.69. The van der Waals surface area contributed by atoms with Gasteiger partial charge in [0.1, 0.15) is 0 Å². The maximum absolute atomic E-state index is 9.83. The van der Waals surface area contributed by atoms with Crippen LogP contribution in [0.5, 0.6) is 0 Å². The van der Waals surface area contributed by atoms with E-state index in [4.69, 9.17) is 0 Å². The molecule has 0 saturated carbocycles. The van der Waals surface area contributed by atoms with Crippen molar-refractivity contribution >= 4 is 0 Å². The number of aromatic nitrogens is 1. The maximum Gasteiger partial charge on any atom is 0.0807 e. The van der Waals surface area contributed by atoms with Gasteiger partial charge in [0.25, 0.3) is 0 Å². The molecule has 1 aromatic rings. The third-order valence-electron chi connectivity index (χ3n) is 2.74. The number of hydrogen-bond acceptors (Lipinski definition) is 1. The summed E-state index contributed by atoms with van der Waals surface area (Å²) in [4.78, 5) is 0. The molecule has 1 N–H and O–H groups in total. The summed E-state index contributed by atoms with van der Waals surface area (Å²) in [7, 11) is 2.03. The number of aliphatic hydroxyl groups is 1. The van der Waals surface area contributed by atoms with E-state index in [1.165, 1.54) is 11.4 Å². The summed E-state index contributed by atoms with van der Waals surface area (Å²) in [6, 6.07) is 2.08. The summed E-state index contributed by atoms with van der Waals surface area (Å²) < 4.78 is 2.12. The van der Waals surface area contributed by atoms with Crippen LogP contribution in [-0.4, -0.2) is 9.67 Å². The molecule has 1 rings (SSSR count). The van der Waals surface area contributed by atoms with Crippen molar-refractivity contribution in [3.8, 4) is 0 Å². The fourth-order valence-electron chi connectivity index (χ4n) is 1.65. The quantitative estimate of drug-likeness (QED) is 0.761. The van der Waals surface area contributed by atoms with Crippen LogP contribution in [-0.2, 0) is 7.05 Å². The van der Waals surface area contributed by atoms with Crippen LogP contribution < -0.4 is 0 Å². The van der Waals surface area contributed by atoms with Gasteiger partial charge in [-0.2, -0.15) is 0 Å². The lowest BCUT2D eigenvalue weighted by Crippen LogP contribution is -1.99. The molecule has 0 radical (unpaired) electrons. The van der Waals surface area contributed by atoms with Gasteiger partial charge in [0.15, 0.2) is 0 Å². The van der Waals surface area contributed by atoms with Crippen molar-refractivity contribution in [2.24, 2.45) is 7.05 Å². The Hall–Kier alpha value is -0.760. The second kappa shape index (κ2) is 3.97. The number of aryl methyl sites for hydroxylation is 1. The largest absolute Gasteiger partial charge is 0.388 e. The molecular formula is C11H19NO. The number of aliphatic hydroxyl groups excluding tert-OH is 1. The van der Waals surface area contributed by atoms with E-state index in [1.54, 1.807) is 0 Å². The third-order valence-corrected chi connectivity index (χ3v) is 2.74. The SMILES string of the molecule is CCCC(O)c1cc(C)n(C)c1C.